The molecule has 0 bridgehead atoms. The van der Waals surface area contributed by atoms with E-state index in [0.29, 0.717) is 66.8 Å². The van der Waals surface area contributed by atoms with E-state index >= 15 is 0 Å². The summed E-state index contributed by atoms with van der Waals surface area (Å²) < 4.78 is 42.5. The predicted octanol–water partition coefficient (Wildman–Crippen LogP) is 9.90. The Hall–Kier alpha value is -7.37. The predicted molar refractivity (Wildman–Crippen MR) is 171 cm³/mol. The third kappa shape index (κ3) is 4.90. The van der Waals surface area contributed by atoms with E-state index in [1.54, 1.807) is 42.5 Å². The van der Waals surface area contributed by atoms with Crippen LogP contribution < -0.4 is 4.74 Å². The molecule has 0 fully saturated rings. The molecule has 2 aliphatic carbocycles. The van der Waals surface area contributed by atoms with Gasteiger partial charge < -0.3 is 4.74 Å². The highest BCUT2D eigenvalue weighted by molar-refractivity contribution is 6.37. The second-order valence-electron chi connectivity index (χ2n) is 10.7. The molecule has 4 aromatic rings. The number of alkyl halides is 3. The highest BCUT2D eigenvalue weighted by Crippen LogP contribution is 2.60. The zero-order valence-electron chi connectivity index (χ0n) is 24.7. The van der Waals surface area contributed by atoms with Gasteiger partial charge >= 0.3 is 6.36 Å². The molecule has 7 nitrogen and oxygen atoms in total. The molecular formula is C38H15F3N6O. The molecule has 0 spiro atoms. The van der Waals surface area contributed by atoms with Gasteiger partial charge in [-0.2, -0.15) is 5.26 Å². The van der Waals surface area contributed by atoms with E-state index in [1.807, 2.05) is 31.2 Å². The third-order valence-electron chi connectivity index (χ3n) is 8.02. The quantitative estimate of drug-likeness (QED) is 0.167. The molecule has 0 aromatic heterocycles. The lowest BCUT2D eigenvalue weighted by atomic mass is 9.87. The summed E-state index contributed by atoms with van der Waals surface area (Å²) in [6, 6.07) is 25.3. The van der Waals surface area contributed by atoms with Gasteiger partial charge in [-0.25, -0.2) is 25.1 Å². The minimum absolute atomic E-state index is 0.113. The third-order valence-corrected chi connectivity index (χ3v) is 8.02. The summed E-state index contributed by atoms with van der Waals surface area (Å²) in [7, 11) is 0. The number of ether oxygens (including phenoxy) is 1. The van der Waals surface area contributed by atoms with Crippen LogP contribution >= 0.6 is 0 Å². The van der Waals surface area contributed by atoms with Crippen LogP contribution in [0.25, 0.3) is 59.1 Å². The number of nitrogens with zero attached hydrogens (tertiary/aromatic N) is 6. The number of allylic oxidation sites excluding steroid dienone is 6. The Kier molecular flexibility index (Phi) is 7.36. The van der Waals surface area contributed by atoms with Crippen molar-refractivity contribution in [2.24, 2.45) is 0 Å². The number of hydrogen-bond donors (Lipinski definition) is 0. The summed E-state index contributed by atoms with van der Waals surface area (Å²) in [5.41, 5.74) is 6.40. The van der Waals surface area contributed by atoms with Crippen LogP contribution in [0.1, 0.15) is 33.4 Å². The van der Waals surface area contributed by atoms with E-state index in [4.69, 9.17) is 19.7 Å². The standard InChI is InChI=1S/C38H15F3N6O/c1-20-5-9-25(23(13-20)17-42)21-6-10-27-29(14-21)34(32(18-43)46-3)37-28-11-7-22(15-30(28)35(36(27)37)33(19-44)47-4)26-12-8-24(16-31(26)45-2)48-38(39,40)41/h5-16H,1H3/b34-32+,35-33-. The Bertz CT molecular complexity index is 2460. The van der Waals surface area contributed by atoms with Gasteiger partial charge in [0, 0.05) is 11.1 Å². The lowest BCUT2D eigenvalue weighted by Crippen LogP contribution is -2.16. The molecule has 0 unspecified atom stereocenters. The molecule has 0 radical (unpaired) electrons. The summed E-state index contributed by atoms with van der Waals surface area (Å²) >= 11 is 0. The highest BCUT2D eigenvalue weighted by Gasteiger charge is 2.40. The van der Waals surface area contributed by atoms with Crippen LogP contribution in [0.2, 0.25) is 0 Å². The monoisotopic (exact) mass is 628 g/mol. The molecule has 48 heavy (non-hydrogen) atoms. The first-order chi connectivity index (χ1) is 23.1. The Morgan fingerprint density at radius 1 is 0.667 bits per heavy atom. The van der Waals surface area contributed by atoms with Gasteiger partial charge in [-0.05, 0) is 98.5 Å². The molecule has 0 amide bonds. The van der Waals surface area contributed by atoms with E-state index in [9.17, 15) is 29.0 Å². The van der Waals surface area contributed by atoms with Gasteiger partial charge in [0.05, 0.1) is 43.5 Å². The Balaban J connectivity index is 1.59. The van der Waals surface area contributed by atoms with Crippen molar-refractivity contribution in [3.05, 3.63) is 152 Å². The van der Waals surface area contributed by atoms with Crippen molar-refractivity contribution >= 4 is 28.0 Å². The van der Waals surface area contributed by atoms with E-state index in [-0.39, 0.29) is 22.7 Å². The van der Waals surface area contributed by atoms with Gasteiger partial charge in [0.25, 0.3) is 11.4 Å². The highest BCUT2D eigenvalue weighted by atomic mass is 19.4. The number of fused-ring (bicyclic) bond motifs is 4. The van der Waals surface area contributed by atoms with Crippen molar-refractivity contribution in [2.45, 2.75) is 13.3 Å². The van der Waals surface area contributed by atoms with Gasteiger partial charge in [-0.3, -0.25) is 0 Å². The molecule has 10 heteroatoms. The van der Waals surface area contributed by atoms with Crippen molar-refractivity contribution in [2.75, 3.05) is 0 Å². The molecule has 0 atom stereocenters. The maximum atomic E-state index is 12.8. The molecule has 0 aliphatic heterocycles. The summed E-state index contributed by atoms with van der Waals surface area (Å²) in [5, 5.41) is 30.0. The first-order valence-electron chi connectivity index (χ1n) is 13.9. The normalized spacial score (nSPS) is 14.5. The zero-order chi connectivity index (χ0) is 34.3. The van der Waals surface area contributed by atoms with Crippen LogP contribution in [-0.2, 0) is 0 Å². The van der Waals surface area contributed by atoms with Crippen LogP contribution in [0.5, 0.6) is 5.75 Å². The van der Waals surface area contributed by atoms with Crippen molar-refractivity contribution in [3.8, 4) is 46.2 Å². The molecule has 4 aromatic carbocycles. The van der Waals surface area contributed by atoms with E-state index in [2.05, 4.69) is 25.3 Å². The topological polar surface area (TPSA) is 93.7 Å². The van der Waals surface area contributed by atoms with E-state index in [1.165, 1.54) is 6.07 Å². The zero-order valence-corrected chi connectivity index (χ0v) is 24.7. The first kappa shape index (κ1) is 30.6. The van der Waals surface area contributed by atoms with Crippen LogP contribution in [-0.4, -0.2) is 6.36 Å². The minimum Gasteiger partial charge on any atom is -0.407 e. The number of rotatable bonds is 3. The molecule has 6 rings (SSSR count). The van der Waals surface area contributed by atoms with Crippen molar-refractivity contribution in [3.63, 3.8) is 0 Å². The summed E-state index contributed by atoms with van der Waals surface area (Å²) in [4.78, 5) is 10.4. The smallest absolute Gasteiger partial charge is 0.407 e. The Morgan fingerprint density at radius 3 is 1.67 bits per heavy atom. The number of benzene rings is 4. The number of hydrogen-bond acceptors (Lipinski definition) is 4. The van der Waals surface area contributed by atoms with Gasteiger partial charge in [-0.15, -0.1) is 13.2 Å². The van der Waals surface area contributed by atoms with Crippen LogP contribution in [0.15, 0.2) is 84.2 Å². The summed E-state index contributed by atoms with van der Waals surface area (Å²) in [6.07, 6.45) is -4.94. The second kappa shape index (κ2) is 11.5. The van der Waals surface area contributed by atoms with Crippen LogP contribution in [0, 0.1) is 60.6 Å². The molecule has 2 aliphatic rings. The second-order valence-corrected chi connectivity index (χ2v) is 10.7. The van der Waals surface area contributed by atoms with Crippen LogP contribution in [0.3, 0.4) is 0 Å². The van der Waals surface area contributed by atoms with Crippen LogP contribution in [0.4, 0.5) is 18.9 Å². The average Bonchev–Trinajstić information content (AvgIpc) is 3.57. The van der Waals surface area contributed by atoms with E-state index in [0.717, 1.165) is 17.7 Å². The molecule has 0 N–H and O–H groups in total. The lowest BCUT2D eigenvalue weighted by molar-refractivity contribution is -0.274. The van der Waals surface area contributed by atoms with Gasteiger partial charge in [-0.1, -0.05) is 42.5 Å². The SMILES string of the molecule is [C-]#[N+]/C(C#N)=C1C2=C(/C(=C(\C#N)[N+]#[C-])c3cc(-c4ccc(C)cc4C#N)ccc32)c2ccc(-c3ccc(OC(F)(F)F)cc3[N+]#[C-])cc2\1. The fourth-order valence-electron chi connectivity index (χ4n) is 6.14. The number of nitriles is 3. The largest absolute Gasteiger partial charge is 0.573 e. The molecule has 0 saturated heterocycles. The van der Waals surface area contributed by atoms with Gasteiger partial charge in [0.15, 0.2) is 5.69 Å². The number of halogens is 3. The maximum absolute atomic E-state index is 12.8. The maximum Gasteiger partial charge on any atom is 0.573 e. The Labute approximate surface area is 272 Å². The van der Waals surface area contributed by atoms with Crippen molar-refractivity contribution in [1.82, 2.24) is 0 Å². The average molecular weight is 629 g/mol. The van der Waals surface area contributed by atoms with Gasteiger partial charge in [0.1, 0.15) is 5.75 Å². The molecule has 0 saturated carbocycles. The number of aryl methyl sites for hydroxylation is 1. The van der Waals surface area contributed by atoms with Gasteiger partial charge in [0.2, 0.25) is 0 Å². The van der Waals surface area contributed by atoms with E-state index < -0.39 is 12.1 Å². The minimum atomic E-state index is -4.94. The van der Waals surface area contributed by atoms with Crippen molar-refractivity contribution < 1.29 is 17.9 Å². The summed E-state index contributed by atoms with van der Waals surface area (Å²) in [6.45, 7) is 25.1. The lowest BCUT2D eigenvalue weighted by Gasteiger charge is -2.16. The van der Waals surface area contributed by atoms with Crippen molar-refractivity contribution in [1.29, 1.82) is 15.8 Å². The molecule has 0 heterocycles. The fraction of sp³-hybridized carbons (Fsp3) is 0.0526. The fourth-order valence-corrected chi connectivity index (χ4v) is 6.14. The molecular weight excluding hydrogens is 613 g/mol. The molecule has 224 valence electrons. The summed E-state index contributed by atoms with van der Waals surface area (Å²) in [5.74, 6) is -0.555. The Morgan fingerprint density at radius 2 is 1.19 bits per heavy atom. The first-order valence-corrected chi connectivity index (χ1v) is 13.9.